The monoisotopic (exact) mass is 304 g/mol. The van der Waals surface area contributed by atoms with E-state index in [2.05, 4.69) is 0 Å². The van der Waals surface area contributed by atoms with E-state index in [1.807, 2.05) is 0 Å². The number of carbonyl (C=O) groups is 2. The summed E-state index contributed by atoms with van der Waals surface area (Å²) in [4.78, 5) is 37.9. The minimum atomic E-state index is -1.30. The lowest BCUT2D eigenvalue weighted by molar-refractivity contribution is 0.0582. The number of nitrogens with zero attached hydrogens (tertiary/aromatic N) is 2. The molecule has 4 rings (SSSR count). The van der Waals surface area contributed by atoms with E-state index in [0.29, 0.717) is 11.8 Å². The maximum Gasteiger partial charge on any atom is 0.341 e. The van der Waals surface area contributed by atoms with Gasteiger partial charge in [-0.05, 0) is 24.7 Å². The third-order valence-corrected chi connectivity index (χ3v) is 5.32. The van der Waals surface area contributed by atoms with Gasteiger partial charge in [0.05, 0.1) is 19.2 Å². The summed E-state index contributed by atoms with van der Waals surface area (Å²) in [5.74, 6) is -0.706. The van der Waals surface area contributed by atoms with E-state index < -0.39 is 11.4 Å². The van der Waals surface area contributed by atoms with Crippen molar-refractivity contribution in [1.29, 1.82) is 0 Å². The zero-order valence-corrected chi connectivity index (χ0v) is 12.3. The predicted molar refractivity (Wildman–Crippen MR) is 75.3 cm³/mol. The second kappa shape index (κ2) is 4.12. The first-order valence-electron chi connectivity index (χ1n) is 7.29. The van der Waals surface area contributed by atoms with Crippen LogP contribution in [0, 0.1) is 11.8 Å². The zero-order valence-electron chi connectivity index (χ0n) is 12.3. The number of carboxylic acids is 1. The van der Waals surface area contributed by atoms with Crippen LogP contribution in [0.4, 0.5) is 0 Å². The van der Waals surface area contributed by atoms with Gasteiger partial charge in [0.1, 0.15) is 5.56 Å². The van der Waals surface area contributed by atoms with Crippen LogP contribution in [-0.2, 0) is 0 Å². The van der Waals surface area contributed by atoms with Crippen LogP contribution >= 0.6 is 0 Å². The van der Waals surface area contributed by atoms with Crippen LogP contribution in [0.5, 0.6) is 5.75 Å². The number of methoxy groups -OCH3 is 1. The number of likely N-dealkylation sites (N-methyl/N-ethyl adjacent to an activating group) is 1. The molecule has 0 radical (unpaired) electrons. The van der Waals surface area contributed by atoms with Crippen molar-refractivity contribution < 1.29 is 19.4 Å². The van der Waals surface area contributed by atoms with Crippen molar-refractivity contribution in [3.8, 4) is 5.75 Å². The van der Waals surface area contributed by atoms with Gasteiger partial charge in [-0.25, -0.2) is 4.79 Å². The van der Waals surface area contributed by atoms with E-state index in [1.54, 1.807) is 16.5 Å². The summed E-state index contributed by atoms with van der Waals surface area (Å²) in [5.41, 5.74) is -0.915. The fourth-order valence-corrected chi connectivity index (χ4v) is 4.19. The number of pyridine rings is 1. The molecular formula is C15H16N2O5. The van der Waals surface area contributed by atoms with E-state index in [9.17, 15) is 19.5 Å². The maximum absolute atomic E-state index is 12.6. The molecule has 2 heterocycles. The maximum atomic E-state index is 12.6. The molecule has 0 spiro atoms. The summed E-state index contributed by atoms with van der Waals surface area (Å²) in [6, 6.07) is 0.105. The first-order chi connectivity index (χ1) is 10.5. The summed E-state index contributed by atoms with van der Waals surface area (Å²) in [5, 5.41) is 9.26. The molecule has 116 valence electrons. The molecule has 2 saturated carbocycles. The number of rotatable bonds is 2. The van der Waals surface area contributed by atoms with Gasteiger partial charge in [0.15, 0.2) is 11.4 Å². The highest BCUT2D eigenvalue weighted by Crippen LogP contribution is 2.60. The Labute approximate surface area is 126 Å². The second-order valence-corrected chi connectivity index (χ2v) is 6.34. The van der Waals surface area contributed by atoms with Crippen LogP contribution in [0.2, 0.25) is 0 Å². The molecule has 0 saturated heterocycles. The molecule has 7 heteroatoms. The highest BCUT2D eigenvalue weighted by molar-refractivity contribution is 5.98. The van der Waals surface area contributed by atoms with E-state index in [1.165, 1.54) is 13.3 Å². The fraction of sp³-hybridized carbons (Fsp3) is 0.533. The van der Waals surface area contributed by atoms with Gasteiger partial charge in [-0.15, -0.1) is 0 Å². The van der Waals surface area contributed by atoms with Crippen LogP contribution in [-0.4, -0.2) is 46.6 Å². The Morgan fingerprint density at radius 3 is 2.73 bits per heavy atom. The van der Waals surface area contributed by atoms with Crippen molar-refractivity contribution in [1.82, 2.24) is 9.47 Å². The van der Waals surface area contributed by atoms with Crippen LogP contribution in [0.15, 0.2) is 11.0 Å². The normalized spacial score (nSPS) is 31.4. The van der Waals surface area contributed by atoms with Crippen molar-refractivity contribution in [2.75, 3.05) is 14.2 Å². The Morgan fingerprint density at radius 1 is 1.36 bits per heavy atom. The lowest BCUT2D eigenvalue weighted by Crippen LogP contribution is -2.49. The van der Waals surface area contributed by atoms with Gasteiger partial charge in [0.25, 0.3) is 5.91 Å². The zero-order chi connectivity index (χ0) is 15.8. The number of carbonyl (C=O) groups excluding carboxylic acids is 1. The highest BCUT2D eigenvalue weighted by Gasteiger charge is 2.58. The quantitative estimate of drug-likeness (QED) is 0.864. The number of fused-ring (bicyclic) bond motifs is 5. The minimum Gasteiger partial charge on any atom is -0.491 e. The second-order valence-electron chi connectivity index (χ2n) is 6.34. The Morgan fingerprint density at radius 2 is 2.09 bits per heavy atom. The number of hydrogen-bond donors (Lipinski definition) is 1. The molecular weight excluding hydrogens is 288 g/mol. The lowest BCUT2D eigenvalue weighted by Gasteiger charge is -2.40. The minimum absolute atomic E-state index is 0.0373. The third-order valence-electron chi connectivity index (χ3n) is 5.32. The van der Waals surface area contributed by atoms with Crippen molar-refractivity contribution >= 4 is 11.9 Å². The van der Waals surface area contributed by atoms with Gasteiger partial charge in [-0.1, -0.05) is 0 Å². The van der Waals surface area contributed by atoms with E-state index >= 15 is 0 Å². The van der Waals surface area contributed by atoms with Gasteiger partial charge in [0.2, 0.25) is 5.43 Å². The number of amides is 1. The molecule has 3 aliphatic rings. The number of hydrogen-bond acceptors (Lipinski definition) is 4. The molecule has 0 bridgehead atoms. The SMILES string of the molecule is COc1c2n(cc(C(=O)O)c1=O)[C@H]1C3CC3C[C@H]1N(C)C2=O. The van der Waals surface area contributed by atoms with Gasteiger partial charge in [0, 0.05) is 13.2 Å². The number of carboxylic acid groups (broad SMARTS) is 1. The van der Waals surface area contributed by atoms with E-state index in [-0.39, 0.29) is 35.0 Å². The van der Waals surface area contributed by atoms with Crippen molar-refractivity contribution in [3.05, 3.63) is 27.7 Å². The van der Waals surface area contributed by atoms with Gasteiger partial charge in [-0.2, -0.15) is 0 Å². The molecule has 2 fully saturated rings. The molecule has 2 aliphatic carbocycles. The van der Waals surface area contributed by atoms with Crippen LogP contribution < -0.4 is 10.2 Å². The number of ether oxygens (including phenoxy) is 1. The molecule has 4 atom stereocenters. The molecule has 1 amide bonds. The smallest absolute Gasteiger partial charge is 0.341 e. The van der Waals surface area contributed by atoms with Gasteiger partial charge >= 0.3 is 5.97 Å². The summed E-state index contributed by atoms with van der Waals surface area (Å²) in [6.07, 6.45) is 3.36. The number of aromatic nitrogens is 1. The summed E-state index contributed by atoms with van der Waals surface area (Å²) < 4.78 is 6.79. The molecule has 1 aromatic rings. The number of aromatic carboxylic acids is 1. The average molecular weight is 304 g/mol. The first kappa shape index (κ1) is 13.4. The third kappa shape index (κ3) is 1.48. The fourth-order valence-electron chi connectivity index (χ4n) is 4.19. The van der Waals surface area contributed by atoms with E-state index in [0.717, 1.165) is 12.8 Å². The summed E-state index contributed by atoms with van der Waals surface area (Å²) in [7, 11) is 3.03. The molecule has 7 nitrogen and oxygen atoms in total. The molecule has 1 aromatic heterocycles. The Balaban J connectivity index is 2.02. The topological polar surface area (TPSA) is 88.8 Å². The molecule has 1 N–H and O–H groups in total. The van der Waals surface area contributed by atoms with E-state index in [4.69, 9.17) is 4.74 Å². The van der Waals surface area contributed by atoms with Crippen LogP contribution in [0.25, 0.3) is 0 Å². The Hall–Kier alpha value is -2.31. The van der Waals surface area contributed by atoms with Crippen molar-refractivity contribution in [2.45, 2.75) is 24.9 Å². The van der Waals surface area contributed by atoms with Gasteiger partial charge < -0.3 is 19.3 Å². The Kier molecular flexibility index (Phi) is 2.50. The van der Waals surface area contributed by atoms with Crippen molar-refractivity contribution in [2.24, 2.45) is 11.8 Å². The standard InChI is InChI=1S/C15H16N2O5/c1-16-9-4-6-3-7(6)10(9)17-5-8(15(20)21)12(18)13(22-2)11(17)14(16)19/h5-7,9-10H,3-4H2,1-2H3,(H,20,21)/t6?,7?,9-,10+/m1/s1. The van der Waals surface area contributed by atoms with Crippen molar-refractivity contribution in [3.63, 3.8) is 0 Å². The Bertz CT molecular complexity index is 768. The largest absolute Gasteiger partial charge is 0.491 e. The lowest BCUT2D eigenvalue weighted by atomic mass is 9.99. The van der Waals surface area contributed by atoms with Crippen LogP contribution in [0.1, 0.15) is 39.7 Å². The molecule has 0 aromatic carbocycles. The van der Waals surface area contributed by atoms with Crippen LogP contribution in [0.3, 0.4) is 0 Å². The molecule has 22 heavy (non-hydrogen) atoms. The highest BCUT2D eigenvalue weighted by atomic mass is 16.5. The predicted octanol–water partition coefficient (Wildman–Crippen LogP) is 0.590. The summed E-state index contributed by atoms with van der Waals surface area (Å²) >= 11 is 0. The van der Waals surface area contributed by atoms with Gasteiger partial charge in [-0.3, -0.25) is 9.59 Å². The first-order valence-corrected chi connectivity index (χ1v) is 7.29. The average Bonchev–Trinajstić information content (AvgIpc) is 3.15. The summed E-state index contributed by atoms with van der Waals surface area (Å²) in [6.45, 7) is 0. The molecule has 1 aliphatic heterocycles. The molecule has 2 unspecified atom stereocenters.